The molecule has 3 atom stereocenters. The Morgan fingerprint density at radius 3 is 2.26 bits per heavy atom. The van der Waals surface area contributed by atoms with Crippen molar-refractivity contribution in [2.75, 3.05) is 25.5 Å². The van der Waals surface area contributed by atoms with Gasteiger partial charge in [-0.05, 0) is 41.7 Å². The highest BCUT2D eigenvalue weighted by molar-refractivity contribution is 5.96. The van der Waals surface area contributed by atoms with Gasteiger partial charge in [-0.3, -0.25) is 19.4 Å². The zero-order valence-corrected chi connectivity index (χ0v) is 26.9. The molecule has 0 aliphatic carbocycles. The molecule has 0 spiro atoms. The standard InChI is InChI=1S/C22H21FN6O4.C7H9N.C5H12/c23-16-3-1-14(2-4-16)8-18(28-22(33)19-10-25-5-6-26-19)21(32)27-11-20(31)29-12-15(13-30)7-17(29)9-24;1-8-7-5-3-2-4-6-7;1-5(2,3)4/h1-6,10,13,15,17-18H,7-8,11-12H2,(H,27,32)(H,28,33);2-6,8H,1H3;1-4H3. The summed E-state index contributed by atoms with van der Waals surface area (Å²) in [5, 5.41) is 17.3. The molecule has 3 unspecified atom stereocenters. The minimum atomic E-state index is -1.09. The number of carbonyl (C=O) groups is 4. The molecule has 12 heteroatoms. The molecule has 0 saturated carbocycles. The lowest BCUT2D eigenvalue weighted by Crippen LogP contribution is -2.51. The zero-order valence-electron chi connectivity index (χ0n) is 26.9. The van der Waals surface area contributed by atoms with E-state index in [9.17, 15) is 28.8 Å². The van der Waals surface area contributed by atoms with Gasteiger partial charge in [0.15, 0.2) is 0 Å². The van der Waals surface area contributed by atoms with Gasteiger partial charge < -0.3 is 25.6 Å². The Morgan fingerprint density at radius 1 is 1.09 bits per heavy atom. The van der Waals surface area contributed by atoms with Crippen molar-refractivity contribution in [2.45, 2.75) is 52.6 Å². The van der Waals surface area contributed by atoms with Crippen molar-refractivity contribution < 1.29 is 23.6 Å². The highest BCUT2D eigenvalue weighted by Gasteiger charge is 2.35. The fourth-order valence-electron chi connectivity index (χ4n) is 4.07. The molecule has 3 amide bonds. The summed E-state index contributed by atoms with van der Waals surface area (Å²) in [5.74, 6) is -2.67. The van der Waals surface area contributed by atoms with Gasteiger partial charge in [-0.15, -0.1) is 0 Å². The molecule has 3 N–H and O–H groups in total. The molecule has 2 heterocycles. The monoisotopic (exact) mass is 631 g/mol. The molecule has 1 aromatic heterocycles. The Labute approximate surface area is 269 Å². The molecular formula is C34H42FN7O4. The average molecular weight is 632 g/mol. The smallest absolute Gasteiger partial charge is 0.272 e. The summed E-state index contributed by atoms with van der Waals surface area (Å²) in [6.45, 7) is 8.45. The maximum atomic E-state index is 13.2. The van der Waals surface area contributed by atoms with E-state index in [1.165, 1.54) is 47.8 Å². The van der Waals surface area contributed by atoms with Crippen LogP contribution in [0, 0.1) is 28.5 Å². The Kier molecular flexibility index (Phi) is 15.0. The van der Waals surface area contributed by atoms with Gasteiger partial charge >= 0.3 is 0 Å². The lowest BCUT2D eigenvalue weighted by Gasteiger charge is -2.22. The molecule has 1 saturated heterocycles. The summed E-state index contributed by atoms with van der Waals surface area (Å²) in [5.41, 5.74) is 2.24. The van der Waals surface area contributed by atoms with Crippen LogP contribution in [0.25, 0.3) is 0 Å². The van der Waals surface area contributed by atoms with Gasteiger partial charge in [0, 0.05) is 44.0 Å². The summed E-state index contributed by atoms with van der Waals surface area (Å²) in [6.07, 6.45) is 4.95. The van der Waals surface area contributed by atoms with Crippen LogP contribution in [0.5, 0.6) is 0 Å². The number of nitriles is 1. The first-order valence-electron chi connectivity index (χ1n) is 14.8. The van der Waals surface area contributed by atoms with Crippen LogP contribution in [0.15, 0.2) is 73.2 Å². The number of anilines is 1. The molecule has 0 bridgehead atoms. The van der Waals surface area contributed by atoms with Crippen LogP contribution < -0.4 is 16.0 Å². The second-order valence-corrected chi connectivity index (χ2v) is 12.1. The Balaban J connectivity index is 0.000000470. The summed E-state index contributed by atoms with van der Waals surface area (Å²) in [7, 11) is 1.91. The summed E-state index contributed by atoms with van der Waals surface area (Å²) < 4.78 is 13.2. The number of likely N-dealkylation sites (tertiary alicyclic amines) is 1. The van der Waals surface area contributed by atoms with Crippen molar-refractivity contribution in [1.82, 2.24) is 25.5 Å². The highest BCUT2D eigenvalue weighted by Crippen LogP contribution is 2.21. The van der Waals surface area contributed by atoms with Gasteiger partial charge in [0.1, 0.15) is 29.9 Å². The minimum Gasteiger partial charge on any atom is -0.388 e. The Bertz CT molecular complexity index is 1440. The zero-order chi connectivity index (χ0) is 34.1. The van der Waals surface area contributed by atoms with Crippen LogP contribution in [-0.2, 0) is 20.8 Å². The fourth-order valence-corrected chi connectivity index (χ4v) is 4.07. The van der Waals surface area contributed by atoms with Gasteiger partial charge in [-0.25, -0.2) is 9.37 Å². The molecule has 244 valence electrons. The highest BCUT2D eigenvalue weighted by atomic mass is 19.1. The summed E-state index contributed by atoms with van der Waals surface area (Å²) in [6, 6.07) is 15.7. The number of carbonyl (C=O) groups excluding carboxylic acids is 4. The number of nitrogens with one attached hydrogen (secondary N) is 3. The Morgan fingerprint density at radius 2 is 1.74 bits per heavy atom. The van der Waals surface area contributed by atoms with Crippen molar-refractivity contribution in [3.05, 3.63) is 90.3 Å². The molecule has 0 radical (unpaired) electrons. The van der Waals surface area contributed by atoms with Gasteiger partial charge in [-0.2, -0.15) is 5.26 Å². The number of hydrogen-bond acceptors (Lipinski definition) is 8. The van der Waals surface area contributed by atoms with E-state index in [2.05, 4.69) is 53.6 Å². The molecule has 2 aromatic carbocycles. The third-order valence-corrected chi connectivity index (χ3v) is 6.24. The molecule has 46 heavy (non-hydrogen) atoms. The number of nitrogens with zero attached hydrogens (tertiary/aromatic N) is 4. The number of para-hydroxylation sites is 1. The van der Waals surface area contributed by atoms with E-state index >= 15 is 0 Å². The summed E-state index contributed by atoms with van der Waals surface area (Å²) >= 11 is 0. The van der Waals surface area contributed by atoms with Crippen LogP contribution in [0.4, 0.5) is 10.1 Å². The molecule has 1 fully saturated rings. The van der Waals surface area contributed by atoms with E-state index in [0.29, 0.717) is 17.3 Å². The number of hydrogen-bond donors (Lipinski definition) is 3. The van der Waals surface area contributed by atoms with Crippen molar-refractivity contribution in [3.63, 3.8) is 0 Å². The lowest BCUT2D eigenvalue weighted by atomic mass is 10.0. The molecule has 1 aliphatic rings. The van der Waals surface area contributed by atoms with E-state index in [4.69, 9.17) is 0 Å². The first-order valence-corrected chi connectivity index (χ1v) is 14.8. The SMILES string of the molecule is CC(C)(C)C.CNc1ccccc1.N#CC1CC(C=O)CN1C(=O)CNC(=O)C(Cc1ccc(F)cc1)NC(=O)c1cnccn1. The molecule has 11 nitrogen and oxygen atoms in total. The number of amides is 3. The third-order valence-electron chi connectivity index (χ3n) is 6.24. The van der Waals surface area contributed by atoms with Crippen LogP contribution in [0.2, 0.25) is 0 Å². The van der Waals surface area contributed by atoms with Gasteiger partial charge in [0.05, 0.1) is 18.8 Å². The predicted octanol–water partition coefficient (Wildman–Crippen LogP) is 3.79. The average Bonchev–Trinajstić information content (AvgIpc) is 3.48. The van der Waals surface area contributed by atoms with Crippen molar-refractivity contribution in [2.24, 2.45) is 11.3 Å². The van der Waals surface area contributed by atoms with Gasteiger partial charge in [0.2, 0.25) is 11.8 Å². The molecule has 1 aliphatic heterocycles. The first-order chi connectivity index (χ1) is 21.8. The van der Waals surface area contributed by atoms with Gasteiger partial charge in [-0.1, -0.05) is 58.0 Å². The first kappa shape index (κ1) is 37.0. The second-order valence-electron chi connectivity index (χ2n) is 12.1. The number of halogens is 1. The van der Waals surface area contributed by atoms with Crippen LogP contribution in [0.1, 0.15) is 50.2 Å². The van der Waals surface area contributed by atoms with E-state index in [1.54, 1.807) is 0 Å². The summed E-state index contributed by atoms with van der Waals surface area (Å²) in [4.78, 5) is 57.9. The lowest BCUT2D eigenvalue weighted by molar-refractivity contribution is -0.133. The van der Waals surface area contributed by atoms with E-state index in [-0.39, 0.29) is 25.1 Å². The van der Waals surface area contributed by atoms with Crippen LogP contribution in [-0.4, -0.2) is 71.1 Å². The largest absolute Gasteiger partial charge is 0.388 e. The topological polar surface area (TPSA) is 157 Å². The molecule has 3 aromatic rings. The maximum Gasteiger partial charge on any atom is 0.272 e. The van der Waals surface area contributed by atoms with E-state index in [1.807, 2.05) is 43.4 Å². The number of rotatable bonds is 9. The fraction of sp³-hybridized carbons (Fsp3) is 0.382. The normalized spacial score (nSPS) is 15.8. The third kappa shape index (κ3) is 13.6. The predicted molar refractivity (Wildman–Crippen MR) is 173 cm³/mol. The van der Waals surface area contributed by atoms with Crippen molar-refractivity contribution in [3.8, 4) is 6.07 Å². The van der Waals surface area contributed by atoms with Gasteiger partial charge in [0.25, 0.3) is 5.91 Å². The number of aromatic nitrogens is 2. The Hall–Kier alpha value is -5.18. The van der Waals surface area contributed by atoms with E-state index < -0.39 is 48.1 Å². The minimum absolute atomic E-state index is 0.000633. The van der Waals surface area contributed by atoms with Crippen molar-refractivity contribution >= 4 is 29.7 Å². The van der Waals surface area contributed by atoms with Crippen LogP contribution >= 0.6 is 0 Å². The number of benzene rings is 2. The molecular weight excluding hydrogens is 589 g/mol. The van der Waals surface area contributed by atoms with Crippen LogP contribution in [0.3, 0.4) is 0 Å². The maximum absolute atomic E-state index is 13.2. The number of aldehydes is 1. The second kappa shape index (κ2) is 18.6. The van der Waals surface area contributed by atoms with Crippen molar-refractivity contribution in [1.29, 1.82) is 5.26 Å². The van der Waals surface area contributed by atoms with E-state index in [0.717, 1.165) is 5.69 Å². The quantitative estimate of drug-likeness (QED) is 0.301. The molecule has 4 rings (SSSR count).